The number of rotatable bonds is 8. The zero-order valence-corrected chi connectivity index (χ0v) is 20.5. The third-order valence-electron chi connectivity index (χ3n) is 6.48. The number of piperazine rings is 1. The molecule has 9 nitrogen and oxygen atoms in total. The summed E-state index contributed by atoms with van der Waals surface area (Å²) in [5, 5.41) is 13.0. The van der Waals surface area contributed by atoms with E-state index in [0.717, 1.165) is 24.2 Å². The smallest absolute Gasteiger partial charge is 0.343 e. The molecule has 4 rings (SSSR count). The number of carbonyl (C=O) groups excluding carboxylic acids is 1. The SMILES string of the molecule is Cc1cccc(CCNc2ccn(-c3ccc(C(N)=O)cc3N3CCN(C)CC3)c(=O)c2C(=O)O)c1. The molecular formula is C27H31N5O4. The van der Waals surface area contributed by atoms with E-state index in [4.69, 9.17) is 5.73 Å². The van der Waals surface area contributed by atoms with Gasteiger partial charge >= 0.3 is 5.97 Å². The molecule has 4 N–H and O–H groups in total. The molecule has 2 aromatic carbocycles. The molecule has 0 spiro atoms. The molecule has 1 aromatic heterocycles. The van der Waals surface area contributed by atoms with Crippen LogP contribution in [0, 0.1) is 6.92 Å². The minimum absolute atomic E-state index is 0.270. The maximum Gasteiger partial charge on any atom is 0.343 e. The van der Waals surface area contributed by atoms with Gasteiger partial charge in [-0.25, -0.2) is 4.79 Å². The average molecular weight is 490 g/mol. The number of nitrogens with two attached hydrogens (primary N) is 1. The van der Waals surface area contributed by atoms with Crippen LogP contribution in [-0.4, -0.2) is 66.2 Å². The van der Waals surface area contributed by atoms with Crippen LogP contribution in [0.1, 0.15) is 31.8 Å². The highest BCUT2D eigenvalue weighted by atomic mass is 16.4. The molecule has 36 heavy (non-hydrogen) atoms. The van der Waals surface area contributed by atoms with Crippen molar-refractivity contribution in [3.63, 3.8) is 0 Å². The van der Waals surface area contributed by atoms with Crippen LogP contribution in [0.25, 0.3) is 5.69 Å². The number of hydrogen-bond donors (Lipinski definition) is 3. The van der Waals surface area contributed by atoms with Gasteiger partial charge in [0.2, 0.25) is 5.91 Å². The van der Waals surface area contributed by atoms with E-state index in [9.17, 15) is 19.5 Å². The van der Waals surface area contributed by atoms with Gasteiger partial charge in [-0.05, 0) is 50.2 Å². The number of aromatic nitrogens is 1. The van der Waals surface area contributed by atoms with Crippen molar-refractivity contribution in [2.75, 3.05) is 50.0 Å². The number of carbonyl (C=O) groups is 2. The van der Waals surface area contributed by atoms with Gasteiger partial charge in [-0.3, -0.25) is 14.2 Å². The lowest BCUT2D eigenvalue weighted by molar-refractivity contribution is 0.0695. The first-order valence-electron chi connectivity index (χ1n) is 11.9. The molecule has 1 aliphatic rings. The van der Waals surface area contributed by atoms with Crippen LogP contribution < -0.4 is 21.5 Å². The molecule has 0 radical (unpaired) electrons. The monoisotopic (exact) mass is 489 g/mol. The predicted molar refractivity (Wildman–Crippen MR) is 141 cm³/mol. The molecule has 0 aliphatic carbocycles. The summed E-state index contributed by atoms with van der Waals surface area (Å²) in [5.74, 6) is -1.87. The second-order valence-corrected chi connectivity index (χ2v) is 9.11. The van der Waals surface area contributed by atoms with Crippen molar-refractivity contribution >= 4 is 23.3 Å². The number of nitrogens with one attached hydrogen (secondary N) is 1. The number of hydrogen-bond acceptors (Lipinski definition) is 6. The summed E-state index contributed by atoms with van der Waals surface area (Å²) in [6.45, 7) is 5.53. The Morgan fingerprint density at radius 1 is 1.03 bits per heavy atom. The normalized spacial score (nSPS) is 14.0. The summed E-state index contributed by atoms with van der Waals surface area (Å²) in [5.41, 5.74) is 8.58. The highest BCUT2D eigenvalue weighted by molar-refractivity contribution is 5.95. The number of primary amides is 1. The Morgan fingerprint density at radius 2 is 1.78 bits per heavy atom. The van der Waals surface area contributed by atoms with Crippen molar-refractivity contribution in [3.05, 3.63) is 87.3 Å². The van der Waals surface area contributed by atoms with Gasteiger partial charge < -0.3 is 26.0 Å². The fraction of sp³-hybridized carbons (Fsp3) is 0.296. The summed E-state index contributed by atoms with van der Waals surface area (Å²) in [6.07, 6.45) is 2.26. The fourth-order valence-electron chi connectivity index (χ4n) is 4.47. The van der Waals surface area contributed by atoms with Gasteiger partial charge in [0.25, 0.3) is 5.56 Å². The van der Waals surface area contributed by atoms with Gasteiger partial charge in [0.15, 0.2) is 0 Å². The van der Waals surface area contributed by atoms with Gasteiger partial charge in [0, 0.05) is 44.5 Å². The molecule has 3 aromatic rings. The number of likely N-dealkylation sites (N-methyl/N-ethyl adjacent to an activating group) is 1. The standard InChI is InChI=1S/C27H31N5O4/c1-18-4-3-5-19(16-18)8-10-29-21-9-11-32(26(34)24(21)27(35)36)22-7-6-20(25(28)33)17-23(22)31-14-12-30(2)13-15-31/h3-7,9,11,16-17,29H,8,10,12-15H2,1-2H3,(H2,28,33)(H,35,36). The topological polar surface area (TPSA) is 121 Å². The summed E-state index contributed by atoms with van der Waals surface area (Å²) in [4.78, 5) is 41.7. The number of carboxylic acid groups (broad SMARTS) is 1. The van der Waals surface area contributed by atoms with E-state index in [0.29, 0.717) is 43.0 Å². The van der Waals surface area contributed by atoms with Crippen molar-refractivity contribution < 1.29 is 14.7 Å². The van der Waals surface area contributed by atoms with Gasteiger partial charge in [-0.2, -0.15) is 0 Å². The molecule has 1 aliphatic heterocycles. The Balaban J connectivity index is 1.69. The van der Waals surface area contributed by atoms with Crippen molar-refractivity contribution in [2.45, 2.75) is 13.3 Å². The van der Waals surface area contributed by atoms with Crippen molar-refractivity contribution in [2.24, 2.45) is 5.73 Å². The van der Waals surface area contributed by atoms with Crippen molar-refractivity contribution in [1.82, 2.24) is 9.47 Å². The molecule has 0 atom stereocenters. The van der Waals surface area contributed by atoms with E-state index in [1.54, 1.807) is 30.5 Å². The van der Waals surface area contributed by atoms with Gasteiger partial charge in [0.05, 0.1) is 17.1 Å². The van der Waals surface area contributed by atoms with Crippen LogP contribution in [0.2, 0.25) is 0 Å². The average Bonchev–Trinajstić information content (AvgIpc) is 2.84. The number of carboxylic acids is 1. The number of aryl methyl sites for hydroxylation is 1. The number of amides is 1. The second kappa shape index (κ2) is 10.7. The molecule has 188 valence electrons. The molecule has 1 saturated heterocycles. The van der Waals surface area contributed by atoms with Crippen LogP contribution in [0.4, 0.5) is 11.4 Å². The third-order valence-corrected chi connectivity index (χ3v) is 6.48. The Morgan fingerprint density at radius 3 is 2.44 bits per heavy atom. The van der Waals surface area contributed by atoms with Gasteiger partial charge in [0.1, 0.15) is 5.56 Å². The largest absolute Gasteiger partial charge is 0.477 e. The van der Waals surface area contributed by atoms with E-state index in [1.165, 1.54) is 4.57 Å². The molecule has 0 unspecified atom stereocenters. The summed E-state index contributed by atoms with van der Waals surface area (Å²) < 4.78 is 1.33. The summed E-state index contributed by atoms with van der Waals surface area (Å²) in [6, 6.07) is 14.6. The molecule has 9 heteroatoms. The number of pyridine rings is 1. The van der Waals surface area contributed by atoms with Crippen LogP contribution in [-0.2, 0) is 6.42 Å². The maximum absolute atomic E-state index is 13.4. The molecule has 1 fully saturated rings. The second-order valence-electron chi connectivity index (χ2n) is 9.11. The quantitative estimate of drug-likeness (QED) is 0.444. The van der Waals surface area contributed by atoms with Crippen molar-refractivity contribution in [3.8, 4) is 5.69 Å². The molecule has 2 heterocycles. The Labute approximate surface area is 209 Å². The van der Waals surface area contributed by atoms with Crippen LogP contribution in [0.15, 0.2) is 59.5 Å². The van der Waals surface area contributed by atoms with Crippen molar-refractivity contribution in [1.29, 1.82) is 0 Å². The number of anilines is 2. The van der Waals surface area contributed by atoms with E-state index in [-0.39, 0.29) is 11.3 Å². The summed E-state index contributed by atoms with van der Waals surface area (Å²) in [7, 11) is 2.03. The molecule has 0 bridgehead atoms. The highest BCUT2D eigenvalue weighted by Gasteiger charge is 2.23. The van der Waals surface area contributed by atoms with E-state index < -0.39 is 17.4 Å². The zero-order chi connectivity index (χ0) is 25.8. The van der Waals surface area contributed by atoms with E-state index >= 15 is 0 Å². The Kier molecular flexibility index (Phi) is 7.40. The lowest BCUT2D eigenvalue weighted by Gasteiger charge is -2.35. The van der Waals surface area contributed by atoms with E-state index in [1.807, 2.05) is 32.2 Å². The number of nitrogens with zero attached hydrogens (tertiary/aromatic N) is 3. The van der Waals surface area contributed by atoms with Crippen LogP contribution >= 0.6 is 0 Å². The maximum atomic E-state index is 13.4. The minimum atomic E-state index is -1.30. The lowest BCUT2D eigenvalue weighted by atomic mass is 10.1. The Hall–Kier alpha value is -4.11. The predicted octanol–water partition coefficient (Wildman–Crippen LogP) is 2.35. The van der Waals surface area contributed by atoms with Crippen LogP contribution in [0.3, 0.4) is 0 Å². The zero-order valence-electron chi connectivity index (χ0n) is 20.5. The molecule has 1 amide bonds. The lowest BCUT2D eigenvalue weighted by Crippen LogP contribution is -2.45. The summed E-state index contributed by atoms with van der Waals surface area (Å²) >= 11 is 0. The minimum Gasteiger partial charge on any atom is -0.477 e. The fourth-order valence-corrected chi connectivity index (χ4v) is 4.47. The Bertz CT molecular complexity index is 1340. The highest BCUT2D eigenvalue weighted by Crippen LogP contribution is 2.27. The molecular weight excluding hydrogens is 458 g/mol. The van der Waals surface area contributed by atoms with Crippen LogP contribution in [0.5, 0.6) is 0 Å². The number of benzene rings is 2. The number of aromatic carboxylic acids is 1. The van der Waals surface area contributed by atoms with Gasteiger partial charge in [-0.15, -0.1) is 0 Å². The first-order chi connectivity index (χ1) is 17.2. The van der Waals surface area contributed by atoms with Gasteiger partial charge in [-0.1, -0.05) is 29.8 Å². The molecule has 0 saturated carbocycles. The first-order valence-corrected chi connectivity index (χ1v) is 11.9. The first kappa shape index (κ1) is 25.0. The van der Waals surface area contributed by atoms with E-state index in [2.05, 4.69) is 21.2 Å². The third kappa shape index (κ3) is 5.41.